The van der Waals surface area contributed by atoms with Crippen molar-refractivity contribution in [2.24, 2.45) is 0 Å². The van der Waals surface area contributed by atoms with Gasteiger partial charge in [0.2, 0.25) is 0 Å². The Kier molecular flexibility index (Phi) is 3.28. The molecule has 1 aromatic rings. The molecule has 19 heavy (non-hydrogen) atoms. The third kappa shape index (κ3) is 2.37. The first-order valence-corrected chi connectivity index (χ1v) is 6.54. The molecular weight excluding hydrogens is 240 g/mol. The molecule has 0 unspecified atom stereocenters. The predicted molar refractivity (Wildman–Crippen MR) is 74.8 cm³/mol. The minimum absolute atomic E-state index is 0.0831. The number of hydrogen-bond acceptors (Lipinski definition) is 5. The molecule has 2 saturated heterocycles. The minimum atomic E-state index is 0.0831. The second-order valence-electron chi connectivity index (χ2n) is 5.00. The molecule has 1 atom stereocenters. The second kappa shape index (κ2) is 5.08. The van der Waals surface area contributed by atoms with Gasteiger partial charge in [-0.05, 0) is 12.1 Å². The van der Waals surface area contributed by atoms with Crippen molar-refractivity contribution in [3.63, 3.8) is 0 Å². The summed E-state index contributed by atoms with van der Waals surface area (Å²) in [6.45, 7) is 4.48. The Morgan fingerprint density at radius 2 is 2.21 bits per heavy atom. The zero-order valence-corrected chi connectivity index (χ0v) is 10.8. The van der Waals surface area contributed by atoms with Crippen molar-refractivity contribution in [1.82, 2.24) is 9.88 Å². The molecule has 2 aliphatic rings. The van der Waals surface area contributed by atoms with E-state index >= 15 is 0 Å². The van der Waals surface area contributed by atoms with Gasteiger partial charge in [0.1, 0.15) is 11.9 Å². The summed E-state index contributed by atoms with van der Waals surface area (Å²) in [6, 6.07) is 4.42. The van der Waals surface area contributed by atoms with Gasteiger partial charge in [-0.25, -0.2) is 4.98 Å². The van der Waals surface area contributed by atoms with Gasteiger partial charge in [-0.15, -0.1) is 6.42 Å². The van der Waals surface area contributed by atoms with Crippen LogP contribution in [0.25, 0.3) is 0 Å². The second-order valence-corrected chi connectivity index (χ2v) is 5.00. The summed E-state index contributed by atoms with van der Waals surface area (Å²) in [6.07, 6.45) is 7.48. The molecule has 1 aromatic heterocycles. The van der Waals surface area contributed by atoms with Crippen LogP contribution in [0.4, 0.5) is 11.5 Å². The van der Waals surface area contributed by atoms with E-state index in [1.807, 2.05) is 12.1 Å². The molecule has 0 spiro atoms. The van der Waals surface area contributed by atoms with Gasteiger partial charge in [0.25, 0.3) is 0 Å². The monoisotopic (exact) mass is 258 g/mol. The Balaban J connectivity index is 1.72. The van der Waals surface area contributed by atoms with E-state index in [4.69, 9.17) is 16.9 Å². The number of rotatable bonds is 2. The first-order valence-electron chi connectivity index (χ1n) is 6.54. The molecule has 0 bridgehead atoms. The summed E-state index contributed by atoms with van der Waals surface area (Å²) in [5.41, 5.74) is 6.66. The summed E-state index contributed by atoms with van der Waals surface area (Å²) < 4.78 is 5.25. The van der Waals surface area contributed by atoms with E-state index in [0.717, 1.165) is 38.5 Å². The van der Waals surface area contributed by atoms with Gasteiger partial charge < -0.3 is 15.4 Å². The zero-order valence-electron chi connectivity index (χ0n) is 10.8. The number of anilines is 2. The predicted octanol–water partition coefficient (Wildman–Crippen LogP) is 0.186. The number of pyridine rings is 1. The number of terminal acetylenes is 1. The van der Waals surface area contributed by atoms with Crippen molar-refractivity contribution in [1.29, 1.82) is 0 Å². The Morgan fingerprint density at radius 1 is 1.37 bits per heavy atom. The number of ether oxygens (including phenoxy) is 1. The highest BCUT2D eigenvalue weighted by atomic mass is 16.5. The van der Waals surface area contributed by atoms with Crippen LogP contribution in [0.1, 0.15) is 0 Å². The fraction of sp³-hybridized carbons (Fsp3) is 0.500. The van der Waals surface area contributed by atoms with Crippen molar-refractivity contribution in [2.45, 2.75) is 12.1 Å². The third-order valence-electron chi connectivity index (χ3n) is 3.84. The van der Waals surface area contributed by atoms with Gasteiger partial charge in [0.05, 0.1) is 31.1 Å². The maximum Gasteiger partial charge on any atom is 0.123 e. The zero-order chi connectivity index (χ0) is 13.2. The van der Waals surface area contributed by atoms with Gasteiger partial charge >= 0.3 is 0 Å². The van der Waals surface area contributed by atoms with E-state index in [0.29, 0.717) is 11.9 Å². The van der Waals surface area contributed by atoms with E-state index in [1.165, 1.54) is 0 Å². The summed E-state index contributed by atoms with van der Waals surface area (Å²) >= 11 is 0. The summed E-state index contributed by atoms with van der Waals surface area (Å²) in [7, 11) is 0. The number of hydrogen-bond donors (Lipinski definition) is 1. The average molecular weight is 258 g/mol. The van der Waals surface area contributed by atoms with E-state index < -0.39 is 0 Å². The smallest absolute Gasteiger partial charge is 0.123 e. The minimum Gasteiger partial charge on any atom is -0.384 e. The van der Waals surface area contributed by atoms with E-state index in [9.17, 15) is 0 Å². The van der Waals surface area contributed by atoms with Crippen molar-refractivity contribution >= 4 is 11.5 Å². The molecular formula is C14H18N4O. The van der Waals surface area contributed by atoms with Gasteiger partial charge in [-0.1, -0.05) is 5.92 Å². The van der Waals surface area contributed by atoms with Crippen LogP contribution in [0, 0.1) is 12.3 Å². The lowest BCUT2D eigenvalue weighted by Gasteiger charge is -2.45. The summed E-state index contributed by atoms with van der Waals surface area (Å²) in [5, 5.41) is 0. The average Bonchev–Trinajstić information content (AvgIpc) is 2.38. The number of aromatic nitrogens is 1. The van der Waals surface area contributed by atoms with Gasteiger partial charge in [0, 0.05) is 19.6 Å². The van der Waals surface area contributed by atoms with Crippen molar-refractivity contribution < 1.29 is 4.74 Å². The molecule has 2 aliphatic heterocycles. The summed E-state index contributed by atoms with van der Waals surface area (Å²) in [5.74, 6) is 3.42. The lowest BCUT2D eigenvalue weighted by Crippen LogP contribution is -2.60. The number of piperazine rings is 1. The Labute approximate surface area is 113 Å². The van der Waals surface area contributed by atoms with E-state index in [1.54, 1.807) is 6.20 Å². The number of nitrogens with zero attached hydrogens (tertiary/aromatic N) is 3. The molecule has 100 valence electrons. The van der Waals surface area contributed by atoms with Crippen molar-refractivity contribution in [2.75, 3.05) is 43.5 Å². The molecule has 2 fully saturated rings. The first-order chi connectivity index (χ1) is 9.28. The highest BCUT2D eigenvalue weighted by molar-refractivity contribution is 5.51. The Hall–Kier alpha value is -1.77. The van der Waals surface area contributed by atoms with Crippen LogP contribution in [0.5, 0.6) is 0 Å². The molecule has 0 radical (unpaired) electrons. The van der Waals surface area contributed by atoms with Crippen LogP contribution < -0.4 is 10.6 Å². The molecule has 0 amide bonds. The quantitative estimate of drug-likeness (QED) is 0.767. The molecule has 0 aliphatic carbocycles. The Bertz CT molecular complexity index is 477. The highest BCUT2D eigenvalue weighted by Crippen LogP contribution is 2.22. The fourth-order valence-corrected chi connectivity index (χ4v) is 2.59. The first kappa shape index (κ1) is 12.3. The van der Waals surface area contributed by atoms with Gasteiger partial charge in [-0.2, -0.15) is 0 Å². The van der Waals surface area contributed by atoms with E-state index in [-0.39, 0.29) is 6.04 Å². The van der Waals surface area contributed by atoms with Crippen LogP contribution in [0.15, 0.2) is 18.3 Å². The van der Waals surface area contributed by atoms with E-state index in [2.05, 4.69) is 20.7 Å². The van der Waals surface area contributed by atoms with Gasteiger partial charge in [-0.3, -0.25) is 4.90 Å². The lowest BCUT2D eigenvalue weighted by atomic mass is 10.1. The highest BCUT2D eigenvalue weighted by Gasteiger charge is 2.33. The molecule has 0 aromatic carbocycles. The molecule has 5 heteroatoms. The normalized spacial score (nSPS) is 24.8. The Morgan fingerprint density at radius 3 is 2.79 bits per heavy atom. The summed E-state index contributed by atoms with van der Waals surface area (Å²) in [4.78, 5) is 8.79. The standard InChI is InChI=1S/C14H18N4O/c1-2-11-8-17(13-9-19-10-13)5-6-18(11)12-3-4-14(15)16-7-12/h1,3-4,7,11,13H,5-6,8-10H2,(H2,15,16)/t11-/m0/s1. The molecule has 0 saturated carbocycles. The van der Waals surface area contributed by atoms with Crippen LogP contribution >= 0.6 is 0 Å². The van der Waals surface area contributed by atoms with Crippen molar-refractivity contribution in [3.8, 4) is 12.3 Å². The van der Waals surface area contributed by atoms with Crippen LogP contribution in [0.2, 0.25) is 0 Å². The van der Waals surface area contributed by atoms with Gasteiger partial charge in [0.15, 0.2) is 0 Å². The maximum absolute atomic E-state index is 5.69. The number of nitrogens with two attached hydrogens (primary N) is 1. The molecule has 2 N–H and O–H groups in total. The third-order valence-corrected chi connectivity index (χ3v) is 3.84. The maximum atomic E-state index is 5.69. The largest absolute Gasteiger partial charge is 0.384 e. The topological polar surface area (TPSA) is 54.6 Å². The van der Waals surface area contributed by atoms with Crippen LogP contribution in [0.3, 0.4) is 0 Å². The number of nitrogen functional groups attached to an aromatic ring is 1. The molecule has 3 heterocycles. The van der Waals surface area contributed by atoms with Crippen molar-refractivity contribution in [3.05, 3.63) is 18.3 Å². The molecule has 3 rings (SSSR count). The molecule has 5 nitrogen and oxygen atoms in total. The van der Waals surface area contributed by atoms with Crippen LogP contribution in [-0.4, -0.2) is 54.8 Å². The SMILES string of the molecule is C#C[C@H]1CN(C2COC2)CCN1c1ccc(N)nc1. The fourth-order valence-electron chi connectivity index (χ4n) is 2.59. The lowest BCUT2D eigenvalue weighted by molar-refractivity contribution is -0.0680. The van der Waals surface area contributed by atoms with Crippen LogP contribution in [-0.2, 0) is 4.74 Å².